The van der Waals surface area contributed by atoms with E-state index >= 15 is 0 Å². The van der Waals surface area contributed by atoms with Crippen LogP contribution in [-0.2, 0) is 0 Å². The average Bonchev–Trinajstić information content (AvgIpc) is 3.25. The summed E-state index contributed by atoms with van der Waals surface area (Å²) in [4.78, 5) is 19.2. The molecule has 1 amide bonds. The number of aliphatic imine (C=N–C) groups is 1. The summed E-state index contributed by atoms with van der Waals surface area (Å²) in [7, 11) is 3.10. The number of rotatable bonds is 3. The highest BCUT2D eigenvalue weighted by Crippen LogP contribution is 2.39. The number of furan rings is 1. The first-order chi connectivity index (χ1) is 11.7. The predicted molar refractivity (Wildman–Crippen MR) is 89.0 cm³/mol. The third kappa shape index (κ3) is 2.19. The predicted octanol–water partition coefficient (Wildman–Crippen LogP) is 3.27. The fourth-order valence-corrected chi connectivity index (χ4v) is 3.05. The molecule has 0 spiro atoms. The highest BCUT2D eigenvalue weighted by Gasteiger charge is 2.34. The molecule has 0 radical (unpaired) electrons. The summed E-state index contributed by atoms with van der Waals surface area (Å²) in [5, 5.41) is 0. The lowest BCUT2D eigenvalue weighted by molar-refractivity contribution is 0.0817. The molecule has 0 aliphatic carbocycles. The molecule has 6 heteroatoms. The van der Waals surface area contributed by atoms with Crippen molar-refractivity contribution in [3.63, 3.8) is 0 Å². The first-order valence-corrected chi connectivity index (χ1v) is 7.58. The van der Waals surface area contributed by atoms with Gasteiger partial charge in [-0.05, 0) is 18.2 Å². The van der Waals surface area contributed by atoms with Crippen molar-refractivity contribution in [2.24, 2.45) is 4.99 Å². The molecule has 1 aromatic heterocycles. The fraction of sp³-hybridized carbons (Fsp3) is 0.222. The van der Waals surface area contributed by atoms with Gasteiger partial charge in [0.05, 0.1) is 37.8 Å². The molecule has 0 saturated carbocycles. The second-order valence-electron chi connectivity index (χ2n) is 5.62. The van der Waals surface area contributed by atoms with E-state index in [1.165, 1.54) is 0 Å². The van der Waals surface area contributed by atoms with E-state index in [9.17, 15) is 4.79 Å². The maximum atomic E-state index is 13.0. The van der Waals surface area contributed by atoms with Gasteiger partial charge < -0.3 is 18.8 Å². The Morgan fingerprint density at radius 3 is 2.75 bits per heavy atom. The lowest BCUT2D eigenvalue weighted by Gasteiger charge is -2.18. The molecular weight excluding hydrogens is 308 g/mol. The van der Waals surface area contributed by atoms with Gasteiger partial charge in [-0.3, -0.25) is 9.79 Å². The Morgan fingerprint density at radius 1 is 1.25 bits per heavy atom. The fourth-order valence-electron chi connectivity index (χ4n) is 3.05. The molecule has 2 aromatic rings. The number of carbonyl (C=O) groups is 1. The van der Waals surface area contributed by atoms with Crippen molar-refractivity contribution in [3.05, 3.63) is 48.1 Å². The Kier molecular flexibility index (Phi) is 3.37. The minimum absolute atomic E-state index is 0.116. The Morgan fingerprint density at radius 2 is 2.04 bits per heavy atom. The summed E-state index contributed by atoms with van der Waals surface area (Å²) < 4.78 is 16.0. The first-order valence-electron chi connectivity index (χ1n) is 7.58. The number of hydrogen-bond acceptors (Lipinski definition) is 5. The molecule has 0 bridgehead atoms. The number of hydrogen-bond donors (Lipinski definition) is 0. The van der Waals surface area contributed by atoms with Crippen molar-refractivity contribution in [1.29, 1.82) is 0 Å². The molecule has 122 valence electrons. The standard InChI is InChI=1S/C18H16N2O4/c1-22-16-7-13-14(8-17(16)23-2)19-9-12-6-11(10-20(12)18(13)21)15-4-3-5-24-15/h3-5,7-10,12H,6H2,1-2H3/t12-/m0/s1. The van der Waals surface area contributed by atoms with E-state index < -0.39 is 0 Å². The van der Waals surface area contributed by atoms with Crippen LogP contribution in [0, 0.1) is 0 Å². The van der Waals surface area contributed by atoms with E-state index in [4.69, 9.17) is 13.9 Å². The smallest absolute Gasteiger partial charge is 0.260 e. The number of nitrogens with zero attached hydrogens (tertiary/aromatic N) is 2. The van der Waals surface area contributed by atoms with Gasteiger partial charge in [-0.25, -0.2) is 0 Å². The summed E-state index contributed by atoms with van der Waals surface area (Å²) in [6.45, 7) is 0. The van der Waals surface area contributed by atoms with Gasteiger partial charge in [0.15, 0.2) is 11.5 Å². The summed E-state index contributed by atoms with van der Waals surface area (Å²) in [6, 6.07) is 7.00. The van der Waals surface area contributed by atoms with Gasteiger partial charge >= 0.3 is 0 Å². The van der Waals surface area contributed by atoms with Crippen molar-refractivity contribution >= 4 is 23.4 Å². The highest BCUT2D eigenvalue weighted by molar-refractivity contribution is 6.05. The minimum atomic E-state index is -0.123. The third-order valence-electron chi connectivity index (χ3n) is 4.27. The molecule has 4 rings (SSSR count). The lowest BCUT2D eigenvalue weighted by atomic mass is 10.1. The topological polar surface area (TPSA) is 64.3 Å². The Labute approximate surface area is 139 Å². The molecule has 0 N–H and O–H groups in total. The largest absolute Gasteiger partial charge is 0.493 e. The van der Waals surface area contributed by atoms with Crippen molar-refractivity contribution in [3.8, 4) is 11.5 Å². The zero-order valence-corrected chi connectivity index (χ0v) is 13.4. The maximum Gasteiger partial charge on any atom is 0.260 e. The first kappa shape index (κ1) is 14.6. The molecule has 0 saturated heterocycles. The summed E-state index contributed by atoms with van der Waals surface area (Å²) >= 11 is 0. The second-order valence-corrected chi connectivity index (χ2v) is 5.62. The van der Waals surface area contributed by atoms with Crippen molar-refractivity contribution < 1.29 is 18.7 Å². The van der Waals surface area contributed by atoms with Crippen LogP contribution < -0.4 is 9.47 Å². The number of ether oxygens (including phenoxy) is 2. The zero-order chi connectivity index (χ0) is 16.7. The van der Waals surface area contributed by atoms with Crippen LogP contribution in [0.3, 0.4) is 0 Å². The molecule has 2 aliphatic heterocycles. The normalized spacial score (nSPS) is 18.8. The summed E-state index contributed by atoms with van der Waals surface area (Å²) in [5.74, 6) is 1.72. The van der Waals surface area contributed by atoms with Gasteiger partial charge in [-0.2, -0.15) is 0 Å². The van der Waals surface area contributed by atoms with Gasteiger partial charge in [0, 0.05) is 30.5 Å². The van der Waals surface area contributed by atoms with E-state index in [-0.39, 0.29) is 11.9 Å². The monoisotopic (exact) mass is 324 g/mol. The second kappa shape index (κ2) is 5.56. The van der Waals surface area contributed by atoms with Crippen LogP contribution in [0.2, 0.25) is 0 Å². The van der Waals surface area contributed by atoms with Crippen LogP contribution in [0.1, 0.15) is 22.5 Å². The molecule has 2 aliphatic rings. The quantitative estimate of drug-likeness (QED) is 0.869. The molecule has 24 heavy (non-hydrogen) atoms. The Balaban J connectivity index is 1.76. The van der Waals surface area contributed by atoms with Gasteiger partial charge in [0.2, 0.25) is 0 Å². The van der Waals surface area contributed by atoms with Crippen LogP contribution in [0.4, 0.5) is 5.69 Å². The van der Waals surface area contributed by atoms with E-state index in [0.717, 1.165) is 11.3 Å². The van der Waals surface area contributed by atoms with Crippen molar-refractivity contribution in [1.82, 2.24) is 4.90 Å². The third-order valence-corrected chi connectivity index (χ3v) is 4.27. The van der Waals surface area contributed by atoms with E-state index in [1.807, 2.05) is 18.3 Å². The number of methoxy groups -OCH3 is 2. The van der Waals surface area contributed by atoms with Crippen LogP contribution in [-0.4, -0.2) is 37.3 Å². The number of carbonyl (C=O) groups excluding carboxylic acids is 1. The zero-order valence-electron chi connectivity index (χ0n) is 13.4. The number of fused-ring (bicyclic) bond motifs is 2. The lowest BCUT2D eigenvalue weighted by Crippen LogP contribution is -2.32. The number of amides is 1. The summed E-state index contributed by atoms with van der Waals surface area (Å²) in [5.41, 5.74) is 2.05. The minimum Gasteiger partial charge on any atom is -0.493 e. The van der Waals surface area contributed by atoms with Gasteiger partial charge in [0.25, 0.3) is 5.91 Å². The highest BCUT2D eigenvalue weighted by atomic mass is 16.5. The van der Waals surface area contributed by atoms with Gasteiger partial charge in [0.1, 0.15) is 5.76 Å². The van der Waals surface area contributed by atoms with Crippen LogP contribution in [0.15, 0.2) is 46.1 Å². The molecule has 1 aromatic carbocycles. The Hall–Kier alpha value is -3.02. The molecule has 3 heterocycles. The molecule has 0 fully saturated rings. The molecule has 0 unspecified atom stereocenters. The SMILES string of the molecule is COc1cc2c(cc1OC)C(=O)N1C=C(c3ccco3)C[C@H]1C=N2. The van der Waals surface area contributed by atoms with Crippen LogP contribution >= 0.6 is 0 Å². The van der Waals surface area contributed by atoms with E-state index in [2.05, 4.69) is 4.99 Å². The van der Waals surface area contributed by atoms with Crippen LogP contribution in [0.5, 0.6) is 11.5 Å². The van der Waals surface area contributed by atoms with Crippen molar-refractivity contribution in [2.75, 3.05) is 14.2 Å². The molecule has 6 nitrogen and oxygen atoms in total. The average molecular weight is 324 g/mol. The summed E-state index contributed by atoms with van der Waals surface area (Å²) in [6.07, 6.45) is 5.93. The maximum absolute atomic E-state index is 13.0. The van der Waals surface area contributed by atoms with Gasteiger partial charge in [-0.15, -0.1) is 0 Å². The Bertz CT molecular complexity index is 852. The van der Waals surface area contributed by atoms with Gasteiger partial charge in [-0.1, -0.05) is 0 Å². The van der Waals surface area contributed by atoms with Crippen LogP contribution in [0.25, 0.3) is 5.57 Å². The van der Waals surface area contributed by atoms with Crippen molar-refractivity contribution in [2.45, 2.75) is 12.5 Å². The molecular formula is C18H16N2O4. The van der Waals surface area contributed by atoms with E-state index in [0.29, 0.717) is 29.2 Å². The van der Waals surface area contributed by atoms with E-state index in [1.54, 1.807) is 43.7 Å². The molecule has 1 atom stereocenters. The number of benzene rings is 1.